The van der Waals surface area contributed by atoms with Crippen LogP contribution in [0, 0.1) is 6.92 Å². The number of phenols is 1. The van der Waals surface area contributed by atoms with Crippen LogP contribution in [-0.2, 0) is 0 Å². The fourth-order valence-electron chi connectivity index (χ4n) is 1.18. The number of aryl methyl sites for hydroxylation is 1. The molecule has 1 aromatic carbocycles. The lowest BCUT2D eigenvalue weighted by Crippen LogP contribution is -1.76. The van der Waals surface area contributed by atoms with Crippen molar-refractivity contribution in [3.63, 3.8) is 0 Å². The second kappa shape index (κ2) is 2.94. The molecule has 1 aromatic heterocycles. The van der Waals surface area contributed by atoms with Gasteiger partial charge in [-0.05, 0) is 19.1 Å². The minimum Gasteiger partial charge on any atom is -0.507 e. The van der Waals surface area contributed by atoms with Crippen LogP contribution in [0.15, 0.2) is 34.9 Å². The summed E-state index contributed by atoms with van der Waals surface area (Å²) in [6.07, 6.45) is 0. The van der Waals surface area contributed by atoms with E-state index in [9.17, 15) is 5.11 Å². The molecule has 2 aromatic rings. The quantitative estimate of drug-likeness (QED) is 0.723. The minimum atomic E-state index is 0.218. The summed E-state index contributed by atoms with van der Waals surface area (Å²) >= 11 is 0. The van der Waals surface area contributed by atoms with E-state index in [0.717, 1.165) is 5.76 Å². The van der Waals surface area contributed by atoms with Crippen LogP contribution in [0.2, 0.25) is 0 Å². The van der Waals surface area contributed by atoms with Crippen molar-refractivity contribution >= 4 is 0 Å². The van der Waals surface area contributed by atoms with E-state index in [4.69, 9.17) is 4.52 Å². The van der Waals surface area contributed by atoms with E-state index >= 15 is 0 Å². The average molecular weight is 175 g/mol. The average Bonchev–Trinajstić information content (AvgIpc) is 2.53. The molecular weight excluding hydrogens is 166 g/mol. The van der Waals surface area contributed by atoms with Gasteiger partial charge in [0.25, 0.3) is 0 Å². The van der Waals surface area contributed by atoms with Gasteiger partial charge in [-0.15, -0.1) is 0 Å². The Labute approximate surface area is 75.6 Å². The summed E-state index contributed by atoms with van der Waals surface area (Å²) in [7, 11) is 0. The van der Waals surface area contributed by atoms with Crippen molar-refractivity contribution < 1.29 is 9.63 Å². The maximum Gasteiger partial charge on any atom is 0.134 e. The van der Waals surface area contributed by atoms with Crippen molar-refractivity contribution in [3.05, 3.63) is 36.1 Å². The van der Waals surface area contributed by atoms with Crippen LogP contribution < -0.4 is 0 Å². The summed E-state index contributed by atoms with van der Waals surface area (Å²) in [6, 6.07) is 8.83. The third-order valence-corrected chi connectivity index (χ3v) is 1.81. The highest BCUT2D eigenvalue weighted by atomic mass is 16.5. The maximum atomic E-state index is 9.49. The summed E-state index contributed by atoms with van der Waals surface area (Å²) < 4.78 is 4.91. The molecule has 66 valence electrons. The molecule has 0 fully saturated rings. The molecular formula is C10H9NO2. The van der Waals surface area contributed by atoms with Crippen LogP contribution in [0.25, 0.3) is 11.3 Å². The minimum absolute atomic E-state index is 0.218. The van der Waals surface area contributed by atoms with Crippen molar-refractivity contribution in [2.75, 3.05) is 0 Å². The van der Waals surface area contributed by atoms with Crippen molar-refractivity contribution in [1.29, 1.82) is 0 Å². The number of aromatic nitrogens is 1. The van der Waals surface area contributed by atoms with E-state index in [1.54, 1.807) is 24.3 Å². The molecule has 0 atom stereocenters. The van der Waals surface area contributed by atoms with Crippen LogP contribution >= 0.6 is 0 Å². The third kappa shape index (κ3) is 1.40. The van der Waals surface area contributed by atoms with Gasteiger partial charge < -0.3 is 9.63 Å². The summed E-state index contributed by atoms with van der Waals surface area (Å²) in [5.74, 6) is 0.953. The number of hydrogen-bond donors (Lipinski definition) is 1. The standard InChI is InChI=1S/C10H9NO2/c1-7-6-9(11-13-7)8-4-2-3-5-10(8)12/h2-6,12H,1H3. The van der Waals surface area contributed by atoms with Gasteiger partial charge in [-0.2, -0.15) is 0 Å². The number of phenolic OH excluding ortho intramolecular Hbond substituents is 1. The molecule has 3 heteroatoms. The van der Waals surface area contributed by atoms with E-state index < -0.39 is 0 Å². The number of hydrogen-bond acceptors (Lipinski definition) is 3. The Balaban J connectivity index is 2.52. The van der Waals surface area contributed by atoms with Gasteiger partial charge in [0.05, 0.1) is 0 Å². The molecule has 1 heterocycles. The first-order valence-electron chi connectivity index (χ1n) is 3.99. The van der Waals surface area contributed by atoms with Gasteiger partial charge in [-0.1, -0.05) is 17.3 Å². The Morgan fingerprint density at radius 1 is 1.31 bits per heavy atom. The summed E-state index contributed by atoms with van der Waals surface area (Å²) in [5.41, 5.74) is 1.36. The second-order valence-electron chi connectivity index (χ2n) is 2.84. The first kappa shape index (κ1) is 7.86. The van der Waals surface area contributed by atoms with Crippen LogP contribution in [-0.4, -0.2) is 10.3 Å². The third-order valence-electron chi connectivity index (χ3n) is 1.81. The number of rotatable bonds is 1. The highest BCUT2D eigenvalue weighted by Gasteiger charge is 2.06. The summed E-state index contributed by atoms with van der Waals surface area (Å²) in [6.45, 7) is 1.82. The molecule has 0 spiro atoms. The molecule has 0 bridgehead atoms. The lowest BCUT2D eigenvalue weighted by Gasteiger charge is -1.97. The van der Waals surface area contributed by atoms with Crippen molar-refractivity contribution in [2.45, 2.75) is 6.92 Å². The van der Waals surface area contributed by atoms with Gasteiger partial charge in [0, 0.05) is 11.6 Å². The lowest BCUT2D eigenvalue weighted by molar-refractivity contribution is 0.399. The molecule has 0 aliphatic heterocycles. The van der Waals surface area contributed by atoms with Gasteiger partial charge in [-0.3, -0.25) is 0 Å². The molecule has 3 nitrogen and oxygen atoms in total. The predicted octanol–water partition coefficient (Wildman–Crippen LogP) is 2.36. The fourth-order valence-corrected chi connectivity index (χ4v) is 1.18. The number of para-hydroxylation sites is 1. The van der Waals surface area contributed by atoms with Gasteiger partial charge in [0.1, 0.15) is 17.2 Å². The highest BCUT2D eigenvalue weighted by Crippen LogP contribution is 2.27. The van der Waals surface area contributed by atoms with Gasteiger partial charge in [-0.25, -0.2) is 0 Å². The summed E-state index contributed by atoms with van der Waals surface area (Å²) in [4.78, 5) is 0. The van der Waals surface area contributed by atoms with E-state index in [0.29, 0.717) is 11.3 Å². The van der Waals surface area contributed by atoms with E-state index in [1.165, 1.54) is 0 Å². The molecule has 2 rings (SSSR count). The predicted molar refractivity (Wildman–Crippen MR) is 48.3 cm³/mol. The first-order valence-corrected chi connectivity index (χ1v) is 3.99. The monoisotopic (exact) mass is 175 g/mol. The molecule has 13 heavy (non-hydrogen) atoms. The Morgan fingerprint density at radius 2 is 2.08 bits per heavy atom. The molecule has 0 amide bonds. The SMILES string of the molecule is Cc1cc(-c2ccccc2O)no1. The van der Waals surface area contributed by atoms with E-state index in [2.05, 4.69) is 5.16 Å². The lowest BCUT2D eigenvalue weighted by atomic mass is 10.1. The first-order chi connectivity index (χ1) is 6.27. The molecule has 0 aliphatic rings. The molecule has 0 aliphatic carbocycles. The molecule has 1 N–H and O–H groups in total. The number of benzene rings is 1. The van der Waals surface area contributed by atoms with Gasteiger partial charge in [0.2, 0.25) is 0 Å². The Morgan fingerprint density at radius 3 is 2.69 bits per heavy atom. The van der Waals surface area contributed by atoms with Crippen LogP contribution in [0.1, 0.15) is 5.76 Å². The molecule has 0 radical (unpaired) electrons. The summed E-state index contributed by atoms with van der Waals surface area (Å²) in [5, 5.41) is 13.3. The van der Waals surface area contributed by atoms with E-state index in [-0.39, 0.29) is 5.75 Å². The van der Waals surface area contributed by atoms with Crippen LogP contribution in [0.3, 0.4) is 0 Å². The van der Waals surface area contributed by atoms with Gasteiger partial charge >= 0.3 is 0 Å². The van der Waals surface area contributed by atoms with Crippen LogP contribution in [0.4, 0.5) is 0 Å². The smallest absolute Gasteiger partial charge is 0.134 e. The van der Waals surface area contributed by atoms with Crippen molar-refractivity contribution in [2.24, 2.45) is 0 Å². The maximum absolute atomic E-state index is 9.49. The fraction of sp³-hybridized carbons (Fsp3) is 0.100. The Kier molecular flexibility index (Phi) is 1.77. The van der Waals surface area contributed by atoms with Crippen molar-refractivity contribution in [1.82, 2.24) is 5.16 Å². The van der Waals surface area contributed by atoms with E-state index in [1.807, 2.05) is 13.0 Å². The number of nitrogens with zero attached hydrogens (tertiary/aromatic N) is 1. The second-order valence-corrected chi connectivity index (χ2v) is 2.84. The topological polar surface area (TPSA) is 46.3 Å². The zero-order valence-corrected chi connectivity index (χ0v) is 7.19. The molecule has 0 saturated carbocycles. The largest absolute Gasteiger partial charge is 0.507 e. The van der Waals surface area contributed by atoms with Crippen LogP contribution in [0.5, 0.6) is 5.75 Å². The normalized spacial score (nSPS) is 10.2. The highest BCUT2D eigenvalue weighted by molar-refractivity contribution is 5.66. The molecule has 0 unspecified atom stereocenters. The Hall–Kier alpha value is -1.77. The Bertz CT molecular complexity index is 420. The van der Waals surface area contributed by atoms with Crippen molar-refractivity contribution in [3.8, 4) is 17.0 Å². The number of aromatic hydroxyl groups is 1. The molecule has 0 saturated heterocycles. The zero-order valence-electron chi connectivity index (χ0n) is 7.19. The zero-order chi connectivity index (χ0) is 9.26. The van der Waals surface area contributed by atoms with Gasteiger partial charge in [0.15, 0.2) is 0 Å².